The topological polar surface area (TPSA) is 58.6 Å². The first kappa shape index (κ1) is 16.5. The summed E-state index contributed by atoms with van der Waals surface area (Å²) < 4.78 is 4.56. The lowest BCUT2D eigenvalue weighted by Gasteiger charge is -2.15. The highest BCUT2D eigenvalue weighted by Crippen LogP contribution is 2.20. The number of esters is 1. The van der Waals surface area contributed by atoms with Crippen molar-refractivity contribution in [2.75, 3.05) is 32.6 Å². The van der Waals surface area contributed by atoms with Crippen LogP contribution < -0.4 is 5.32 Å². The molecule has 6 heteroatoms. The molecule has 0 spiro atoms. The monoisotopic (exact) mass is 298 g/mol. The average Bonchev–Trinajstić information content (AvgIpc) is 2.45. The van der Waals surface area contributed by atoms with Crippen molar-refractivity contribution in [1.82, 2.24) is 4.90 Å². The highest BCUT2D eigenvalue weighted by atomic mass is 35.5. The second kappa shape index (κ2) is 8.55. The molecule has 0 aliphatic carbocycles. The molecule has 0 radical (unpaired) electrons. The number of nitrogens with one attached hydrogen (secondary N) is 1. The van der Waals surface area contributed by atoms with Crippen molar-refractivity contribution >= 4 is 29.2 Å². The van der Waals surface area contributed by atoms with Crippen LogP contribution in [-0.4, -0.2) is 44.0 Å². The van der Waals surface area contributed by atoms with Gasteiger partial charge in [0.15, 0.2) is 0 Å². The molecular weight excluding hydrogens is 280 g/mol. The van der Waals surface area contributed by atoms with Crippen LogP contribution in [0.4, 0.5) is 5.69 Å². The molecule has 0 heterocycles. The number of para-hydroxylation sites is 1. The smallest absolute Gasteiger partial charge is 0.306 e. The largest absolute Gasteiger partial charge is 0.469 e. The summed E-state index contributed by atoms with van der Waals surface area (Å²) in [4.78, 5) is 24.7. The van der Waals surface area contributed by atoms with Crippen molar-refractivity contribution in [2.45, 2.75) is 12.8 Å². The van der Waals surface area contributed by atoms with Gasteiger partial charge in [0.1, 0.15) is 0 Å². The Balaban J connectivity index is 2.29. The number of hydrogen-bond donors (Lipinski definition) is 1. The number of hydrogen-bond acceptors (Lipinski definition) is 4. The third kappa shape index (κ3) is 6.04. The first-order valence-electron chi connectivity index (χ1n) is 6.32. The van der Waals surface area contributed by atoms with Gasteiger partial charge in [0, 0.05) is 19.5 Å². The molecule has 0 saturated carbocycles. The van der Waals surface area contributed by atoms with Gasteiger partial charge in [-0.1, -0.05) is 23.7 Å². The minimum Gasteiger partial charge on any atom is -0.469 e. The van der Waals surface area contributed by atoms with Crippen LogP contribution in [0.5, 0.6) is 0 Å². The molecule has 0 bridgehead atoms. The van der Waals surface area contributed by atoms with Crippen molar-refractivity contribution < 1.29 is 14.3 Å². The number of amides is 1. The second-order valence-electron chi connectivity index (χ2n) is 4.41. The molecule has 1 N–H and O–H groups in total. The predicted molar refractivity (Wildman–Crippen MR) is 78.8 cm³/mol. The molecular formula is C14H19ClN2O3. The van der Waals surface area contributed by atoms with E-state index in [-0.39, 0.29) is 11.9 Å². The third-order valence-electron chi connectivity index (χ3n) is 2.79. The summed E-state index contributed by atoms with van der Waals surface area (Å²) in [6, 6.07) is 7.09. The zero-order valence-corrected chi connectivity index (χ0v) is 12.4. The summed E-state index contributed by atoms with van der Waals surface area (Å²) in [5.41, 5.74) is 0.608. The van der Waals surface area contributed by atoms with E-state index in [2.05, 4.69) is 10.1 Å². The van der Waals surface area contributed by atoms with Crippen LogP contribution in [0.1, 0.15) is 12.8 Å². The van der Waals surface area contributed by atoms with Crippen molar-refractivity contribution in [3.8, 4) is 0 Å². The summed E-state index contributed by atoms with van der Waals surface area (Å²) in [6.07, 6.45) is 0.655. The van der Waals surface area contributed by atoms with Crippen molar-refractivity contribution in [3.05, 3.63) is 29.3 Å². The number of ether oxygens (including phenoxy) is 1. The Hall–Kier alpha value is -1.59. The number of rotatable bonds is 7. The van der Waals surface area contributed by atoms with Crippen LogP contribution >= 0.6 is 11.6 Å². The number of carbonyl (C=O) groups is 2. The third-order valence-corrected chi connectivity index (χ3v) is 3.12. The summed E-state index contributed by atoms with van der Waals surface area (Å²) >= 11 is 5.96. The van der Waals surface area contributed by atoms with Gasteiger partial charge in [-0.2, -0.15) is 0 Å². The molecule has 110 valence electrons. The van der Waals surface area contributed by atoms with Crippen molar-refractivity contribution in [3.63, 3.8) is 0 Å². The number of halogens is 1. The fourth-order valence-electron chi connectivity index (χ4n) is 1.56. The van der Waals surface area contributed by atoms with E-state index in [9.17, 15) is 9.59 Å². The first-order valence-corrected chi connectivity index (χ1v) is 6.70. The van der Waals surface area contributed by atoms with E-state index in [1.165, 1.54) is 7.11 Å². The molecule has 20 heavy (non-hydrogen) atoms. The van der Waals surface area contributed by atoms with Gasteiger partial charge in [-0.05, 0) is 19.2 Å². The molecule has 0 atom stereocenters. The van der Waals surface area contributed by atoms with Gasteiger partial charge in [0.05, 0.1) is 24.2 Å². The number of nitrogens with zero attached hydrogens (tertiary/aromatic N) is 1. The van der Waals surface area contributed by atoms with Crippen molar-refractivity contribution in [1.29, 1.82) is 0 Å². The standard InChI is InChI=1S/C14H19ClN2O3/c1-17(10-8-14(19)20-2)9-7-13(18)16-12-6-4-3-5-11(12)15/h3-6H,7-10H2,1-2H3,(H,16,18). The molecule has 0 fully saturated rings. The summed E-state index contributed by atoms with van der Waals surface area (Å²) in [5, 5.41) is 3.27. The maximum atomic E-state index is 11.8. The van der Waals surface area contributed by atoms with Crippen LogP contribution in [0.15, 0.2) is 24.3 Å². The SMILES string of the molecule is COC(=O)CCN(C)CCC(=O)Nc1ccccc1Cl. The molecule has 0 aliphatic rings. The van der Waals surface area contributed by atoms with Crippen LogP contribution in [0.3, 0.4) is 0 Å². The Morgan fingerprint density at radius 3 is 2.55 bits per heavy atom. The molecule has 5 nitrogen and oxygen atoms in total. The highest BCUT2D eigenvalue weighted by Gasteiger charge is 2.08. The van der Waals surface area contributed by atoms with Gasteiger partial charge in [0.2, 0.25) is 5.91 Å². The maximum Gasteiger partial charge on any atom is 0.306 e. The predicted octanol–water partition coefficient (Wildman–Crippen LogP) is 2.16. The minimum atomic E-state index is -0.252. The highest BCUT2D eigenvalue weighted by molar-refractivity contribution is 6.33. The molecule has 0 aromatic heterocycles. The zero-order valence-electron chi connectivity index (χ0n) is 11.7. The van der Waals surface area contributed by atoms with E-state index in [0.29, 0.717) is 36.6 Å². The zero-order chi connectivity index (χ0) is 15.0. The van der Waals surface area contributed by atoms with Crippen LogP contribution in [0.2, 0.25) is 5.02 Å². The fraction of sp³-hybridized carbons (Fsp3) is 0.429. The van der Waals surface area contributed by atoms with Crippen LogP contribution in [0, 0.1) is 0 Å². The number of carbonyl (C=O) groups excluding carboxylic acids is 2. The van der Waals surface area contributed by atoms with E-state index in [0.717, 1.165) is 0 Å². The molecule has 1 aromatic carbocycles. The van der Waals surface area contributed by atoms with E-state index in [1.807, 2.05) is 18.0 Å². The Kier molecular flexibility index (Phi) is 7.04. The molecule has 1 rings (SSSR count). The lowest BCUT2D eigenvalue weighted by atomic mass is 10.3. The van der Waals surface area contributed by atoms with E-state index in [1.54, 1.807) is 18.2 Å². The van der Waals surface area contributed by atoms with Gasteiger partial charge in [0.25, 0.3) is 0 Å². The number of benzene rings is 1. The van der Waals surface area contributed by atoms with Gasteiger partial charge in [-0.15, -0.1) is 0 Å². The molecule has 1 amide bonds. The lowest BCUT2D eigenvalue weighted by molar-refractivity contribution is -0.140. The van der Waals surface area contributed by atoms with Gasteiger partial charge in [-0.3, -0.25) is 9.59 Å². The minimum absolute atomic E-state index is 0.108. The Bertz CT molecular complexity index is 465. The van der Waals surface area contributed by atoms with Gasteiger partial charge in [-0.25, -0.2) is 0 Å². The molecule has 0 aliphatic heterocycles. The molecule has 0 unspecified atom stereocenters. The Morgan fingerprint density at radius 2 is 1.90 bits per heavy atom. The van der Waals surface area contributed by atoms with Gasteiger partial charge < -0.3 is 15.0 Å². The second-order valence-corrected chi connectivity index (χ2v) is 4.81. The molecule has 0 saturated heterocycles. The van der Waals surface area contributed by atoms with Crippen LogP contribution in [-0.2, 0) is 14.3 Å². The summed E-state index contributed by atoms with van der Waals surface area (Å²) in [5.74, 6) is -0.361. The van der Waals surface area contributed by atoms with E-state index < -0.39 is 0 Å². The lowest BCUT2D eigenvalue weighted by Crippen LogP contribution is -2.26. The Labute approximate surface area is 123 Å². The summed E-state index contributed by atoms with van der Waals surface area (Å²) in [6.45, 7) is 1.12. The first-order chi connectivity index (χ1) is 9.52. The maximum absolute atomic E-state index is 11.8. The quantitative estimate of drug-likeness (QED) is 0.784. The molecule has 1 aromatic rings. The van der Waals surface area contributed by atoms with Crippen LogP contribution in [0.25, 0.3) is 0 Å². The normalized spacial score (nSPS) is 10.4. The fourth-order valence-corrected chi connectivity index (χ4v) is 1.75. The Morgan fingerprint density at radius 1 is 1.25 bits per heavy atom. The van der Waals surface area contributed by atoms with Gasteiger partial charge >= 0.3 is 5.97 Å². The average molecular weight is 299 g/mol. The van der Waals surface area contributed by atoms with Crippen molar-refractivity contribution in [2.24, 2.45) is 0 Å². The number of methoxy groups -OCH3 is 1. The summed E-state index contributed by atoms with van der Waals surface area (Å²) in [7, 11) is 3.21. The number of anilines is 1. The van der Waals surface area contributed by atoms with E-state index in [4.69, 9.17) is 11.6 Å². The van der Waals surface area contributed by atoms with E-state index >= 15 is 0 Å².